The van der Waals surface area contributed by atoms with Crippen LogP contribution < -0.4 is 5.32 Å². The SMILES string of the molecule is C[C@@H](NCC(O)c1ccccc1Cl)c1cccnc1. The van der Waals surface area contributed by atoms with Crippen molar-refractivity contribution in [3.8, 4) is 0 Å². The molecule has 3 nitrogen and oxygen atoms in total. The first-order valence-electron chi connectivity index (χ1n) is 6.24. The highest BCUT2D eigenvalue weighted by atomic mass is 35.5. The van der Waals surface area contributed by atoms with Crippen molar-refractivity contribution in [3.05, 3.63) is 64.9 Å². The van der Waals surface area contributed by atoms with Gasteiger partial charge in [0, 0.05) is 35.6 Å². The van der Waals surface area contributed by atoms with Gasteiger partial charge in [0.25, 0.3) is 0 Å². The van der Waals surface area contributed by atoms with E-state index in [2.05, 4.69) is 10.3 Å². The smallest absolute Gasteiger partial charge is 0.0928 e. The summed E-state index contributed by atoms with van der Waals surface area (Å²) < 4.78 is 0. The number of aliphatic hydroxyl groups excluding tert-OH is 1. The molecule has 1 heterocycles. The third kappa shape index (κ3) is 3.77. The van der Waals surface area contributed by atoms with Crippen molar-refractivity contribution in [3.63, 3.8) is 0 Å². The Morgan fingerprint density at radius 2 is 2.05 bits per heavy atom. The molecule has 1 aromatic carbocycles. The second-order valence-corrected chi connectivity index (χ2v) is 4.86. The minimum atomic E-state index is -0.618. The first kappa shape index (κ1) is 14.0. The maximum absolute atomic E-state index is 10.1. The standard InChI is InChI=1S/C15H17ClN2O/c1-11(12-5-4-8-17-9-12)18-10-15(19)13-6-2-3-7-14(13)16/h2-9,11,15,18-19H,10H2,1H3/t11-,15?/m1/s1. The zero-order valence-electron chi connectivity index (χ0n) is 10.8. The van der Waals surface area contributed by atoms with Crippen molar-refractivity contribution >= 4 is 11.6 Å². The van der Waals surface area contributed by atoms with Crippen LogP contribution >= 0.6 is 11.6 Å². The summed E-state index contributed by atoms with van der Waals surface area (Å²) in [6.45, 7) is 2.48. The number of aromatic nitrogens is 1. The van der Waals surface area contributed by atoms with Gasteiger partial charge in [-0.2, -0.15) is 0 Å². The fourth-order valence-electron chi connectivity index (χ4n) is 1.89. The Labute approximate surface area is 118 Å². The van der Waals surface area contributed by atoms with E-state index in [9.17, 15) is 5.11 Å². The molecule has 0 saturated carbocycles. The van der Waals surface area contributed by atoms with E-state index in [1.165, 1.54) is 0 Å². The van der Waals surface area contributed by atoms with Crippen LogP contribution in [0.15, 0.2) is 48.8 Å². The second-order valence-electron chi connectivity index (χ2n) is 4.45. The lowest BCUT2D eigenvalue weighted by Gasteiger charge is -2.18. The van der Waals surface area contributed by atoms with E-state index in [-0.39, 0.29) is 6.04 Å². The number of pyridine rings is 1. The van der Waals surface area contributed by atoms with Gasteiger partial charge in [-0.25, -0.2) is 0 Å². The van der Waals surface area contributed by atoms with E-state index in [4.69, 9.17) is 11.6 Å². The van der Waals surface area contributed by atoms with E-state index in [0.717, 1.165) is 11.1 Å². The molecule has 1 aromatic heterocycles. The molecule has 0 bridgehead atoms. The molecule has 2 atom stereocenters. The Bertz CT molecular complexity index is 519. The Morgan fingerprint density at radius 1 is 1.26 bits per heavy atom. The van der Waals surface area contributed by atoms with Crippen LogP contribution in [0, 0.1) is 0 Å². The fraction of sp³-hybridized carbons (Fsp3) is 0.267. The van der Waals surface area contributed by atoms with Gasteiger partial charge < -0.3 is 10.4 Å². The van der Waals surface area contributed by atoms with Gasteiger partial charge in [0.05, 0.1) is 6.10 Å². The molecule has 0 aliphatic carbocycles. The van der Waals surface area contributed by atoms with Gasteiger partial charge in [-0.05, 0) is 24.6 Å². The Kier molecular flexibility index (Phi) is 4.91. The third-order valence-corrected chi connectivity index (χ3v) is 3.41. The molecule has 0 amide bonds. The molecule has 0 spiro atoms. The molecule has 2 rings (SSSR count). The maximum Gasteiger partial charge on any atom is 0.0928 e. The summed E-state index contributed by atoms with van der Waals surface area (Å²) in [5.74, 6) is 0. The third-order valence-electron chi connectivity index (χ3n) is 3.07. The molecule has 2 N–H and O–H groups in total. The van der Waals surface area contributed by atoms with Crippen molar-refractivity contribution in [2.75, 3.05) is 6.54 Å². The van der Waals surface area contributed by atoms with E-state index in [1.807, 2.05) is 43.5 Å². The lowest BCUT2D eigenvalue weighted by atomic mass is 10.1. The van der Waals surface area contributed by atoms with Gasteiger partial charge in [0.2, 0.25) is 0 Å². The highest BCUT2D eigenvalue weighted by Gasteiger charge is 2.12. The highest BCUT2D eigenvalue weighted by molar-refractivity contribution is 6.31. The van der Waals surface area contributed by atoms with Crippen LogP contribution in [0.2, 0.25) is 5.02 Å². The number of hydrogen-bond donors (Lipinski definition) is 2. The Balaban J connectivity index is 1.94. The highest BCUT2D eigenvalue weighted by Crippen LogP contribution is 2.22. The fourth-order valence-corrected chi connectivity index (χ4v) is 2.16. The van der Waals surface area contributed by atoms with Crippen molar-refractivity contribution in [1.29, 1.82) is 0 Å². The van der Waals surface area contributed by atoms with Crippen molar-refractivity contribution < 1.29 is 5.11 Å². The Hall–Kier alpha value is -1.42. The lowest BCUT2D eigenvalue weighted by Crippen LogP contribution is -2.24. The molecule has 0 aliphatic rings. The number of nitrogens with one attached hydrogen (secondary N) is 1. The van der Waals surface area contributed by atoms with Gasteiger partial charge in [-0.15, -0.1) is 0 Å². The quantitative estimate of drug-likeness (QED) is 0.882. The zero-order valence-corrected chi connectivity index (χ0v) is 11.5. The van der Waals surface area contributed by atoms with E-state index < -0.39 is 6.10 Å². The van der Waals surface area contributed by atoms with Gasteiger partial charge in [-0.3, -0.25) is 4.98 Å². The van der Waals surface area contributed by atoms with E-state index in [0.29, 0.717) is 11.6 Å². The van der Waals surface area contributed by atoms with Crippen LogP contribution in [0.3, 0.4) is 0 Å². The van der Waals surface area contributed by atoms with E-state index >= 15 is 0 Å². The number of halogens is 1. The normalized spacial score (nSPS) is 14.1. The molecule has 4 heteroatoms. The summed E-state index contributed by atoms with van der Waals surface area (Å²) in [5, 5.41) is 14.0. The Morgan fingerprint density at radius 3 is 2.74 bits per heavy atom. The van der Waals surface area contributed by atoms with E-state index in [1.54, 1.807) is 12.3 Å². The van der Waals surface area contributed by atoms with Gasteiger partial charge >= 0.3 is 0 Å². The number of benzene rings is 1. The van der Waals surface area contributed by atoms with Crippen molar-refractivity contribution in [1.82, 2.24) is 10.3 Å². The van der Waals surface area contributed by atoms with Crippen molar-refractivity contribution in [2.24, 2.45) is 0 Å². The summed E-state index contributed by atoms with van der Waals surface area (Å²) in [6.07, 6.45) is 2.95. The molecule has 0 fully saturated rings. The molecule has 2 aromatic rings. The first-order valence-corrected chi connectivity index (χ1v) is 6.62. The average Bonchev–Trinajstić information content (AvgIpc) is 2.46. The van der Waals surface area contributed by atoms with Gasteiger partial charge in [0.1, 0.15) is 0 Å². The van der Waals surface area contributed by atoms with Gasteiger partial charge in [-0.1, -0.05) is 35.9 Å². The number of aliphatic hydroxyl groups is 1. The molecular formula is C15H17ClN2O. The van der Waals surface area contributed by atoms with Crippen LogP contribution in [-0.4, -0.2) is 16.6 Å². The monoisotopic (exact) mass is 276 g/mol. The second kappa shape index (κ2) is 6.66. The predicted octanol–water partition coefficient (Wildman–Crippen LogP) is 3.12. The number of rotatable bonds is 5. The molecule has 0 saturated heterocycles. The van der Waals surface area contributed by atoms with Crippen LogP contribution in [0.25, 0.3) is 0 Å². The van der Waals surface area contributed by atoms with Gasteiger partial charge in [0.15, 0.2) is 0 Å². The first-order chi connectivity index (χ1) is 9.18. The lowest BCUT2D eigenvalue weighted by molar-refractivity contribution is 0.171. The average molecular weight is 277 g/mol. The van der Waals surface area contributed by atoms with Crippen LogP contribution in [0.4, 0.5) is 0 Å². The van der Waals surface area contributed by atoms with Crippen LogP contribution in [0.1, 0.15) is 30.2 Å². The topological polar surface area (TPSA) is 45.1 Å². The largest absolute Gasteiger partial charge is 0.387 e. The molecular weight excluding hydrogens is 260 g/mol. The summed E-state index contributed by atoms with van der Waals surface area (Å²) in [4.78, 5) is 4.08. The zero-order chi connectivity index (χ0) is 13.7. The van der Waals surface area contributed by atoms with Crippen LogP contribution in [0.5, 0.6) is 0 Å². The number of nitrogens with zero attached hydrogens (tertiary/aromatic N) is 1. The maximum atomic E-state index is 10.1. The number of hydrogen-bond acceptors (Lipinski definition) is 3. The molecule has 100 valence electrons. The van der Waals surface area contributed by atoms with Crippen molar-refractivity contribution in [2.45, 2.75) is 19.1 Å². The van der Waals surface area contributed by atoms with Crippen LogP contribution in [-0.2, 0) is 0 Å². The molecule has 0 radical (unpaired) electrons. The minimum Gasteiger partial charge on any atom is -0.387 e. The predicted molar refractivity (Wildman–Crippen MR) is 77.1 cm³/mol. The minimum absolute atomic E-state index is 0.130. The summed E-state index contributed by atoms with van der Waals surface area (Å²) >= 11 is 6.05. The summed E-state index contributed by atoms with van der Waals surface area (Å²) in [5.41, 5.74) is 1.84. The molecule has 19 heavy (non-hydrogen) atoms. The summed E-state index contributed by atoms with van der Waals surface area (Å²) in [7, 11) is 0. The summed E-state index contributed by atoms with van der Waals surface area (Å²) in [6, 6.07) is 11.4. The molecule has 0 aliphatic heterocycles. The molecule has 1 unspecified atom stereocenters.